The maximum absolute atomic E-state index is 12.5. The molecule has 0 saturated carbocycles. The van der Waals surface area contributed by atoms with Crippen LogP contribution < -0.4 is 10.4 Å². The van der Waals surface area contributed by atoms with Crippen LogP contribution in [0, 0.1) is 0 Å². The molecule has 1 N–H and O–H groups in total. The maximum atomic E-state index is 12.5. The highest BCUT2D eigenvalue weighted by molar-refractivity contribution is 5.96. The lowest BCUT2D eigenvalue weighted by Crippen LogP contribution is -2.37. The van der Waals surface area contributed by atoms with Crippen molar-refractivity contribution >= 4 is 11.9 Å². The summed E-state index contributed by atoms with van der Waals surface area (Å²) in [5.41, 5.74) is -4.30. The van der Waals surface area contributed by atoms with Gasteiger partial charge in [0.25, 0.3) is 5.91 Å². The lowest BCUT2D eigenvalue weighted by Gasteiger charge is -2.14. The van der Waals surface area contributed by atoms with Crippen molar-refractivity contribution in [1.29, 1.82) is 0 Å². The molecule has 1 rings (SSSR count). The Morgan fingerprint density at radius 3 is 1.71 bits per heavy atom. The quantitative estimate of drug-likeness (QED) is 0.853. The van der Waals surface area contributed by atoms with Crippen molar-refractivity contribution in [2.75, 3.05) is 6.54 Å². The van der Waals surface area contributed by atoms with Gasteiger partial charge in [-0.25, -0.2) is 0 Å². The summed E-state index contributed by atoms with van der Waals surface area (Å²) in [7, 11) is 0. The Morgan fingerprint density at radius 1 is 0.952 bits per heavy atom. The van der Waals surface area contributed by atoms with Crippen LogP contribution >= 0.6 is 0 Å². The molecule has 1 amide bonds. The third-order valence-corrected chi connectivity index (χ3v) is 2.24. The number of amides is 1. The highest BCUT2D eigenvalue weighted by Gasteiger charge is 2.37. The molecule has 0 aliphatic carbocycles. The van der Waals surface area contributed by atoms with Gasteiger partial charge in [0.2, 0.25) is 0 Å². The Kier molecular flexibility index (Phi) is 4.49. The number of carboxylic acid groups (broad SMARTS) is 1. The minimum atomic E-state index is -5.09. The Hall–Kier alpha value is -2.26. The van der Waals surface area contributed by atoms with Crippen LogP contribution in [0.4, 0.5) is 26.3 Å². The highest BCUT2D eigenvalue weighted by Crippen LogP contribution is 2.36. The van der Waals surface area contributed by atoms with Gasteiger partial charge in [-0.1, -0.05) is 0 Å². The van der Waals surface area contributed by atoms with E-state index >= 15 is 0 Å². The molecule has 1 aromatic rings. The number of carbonyl (C=O) groups is 2. The second-order valence-corrected chi connectivity index (χ2v) is 3.85. The molecular formula is C11H6F6NO3-. The number of carboxylic acids is 1. The summed E-state index contributed by atoms with van der Waals surface area (Å²) in [6, 6.07) is 0.245. The van der Waals surface area contributed by atoms with E-state index in [0.717, 1.165) is 0 Å². The van der Waals surface area contributed by atoms with Gasteiger partial charge in [-0.15, -0.1) is 0 Å². The van der Waals surface area contributed by atoms with Crippen LogP contribution in [0.3, 0.4) is 0 Å². The second kappa shape index (κ2) is 5.62. The van der Waals surface area contributed by atoms with E-state index in [-0.39, 0.29) is 18.2 Å². The number of hydrogen-bond donors (Lipinski definition) is 1. The zero-order valence-corrected chi connectivity index (χ0v) is 9.93. The molecule has 10 heteroatoms. The van der Waals surface area contributed by atoms with Gasteiger partial charge >= 0.3 is 12.4 Å². The fourth-order valence-electron chi connectivity index (χ4n) is 1.34. The van der Waals surface area contributed by atoms with Crippen LogP contribution in [0.2, 0.25) is 0 Å². The molecule has 0 fully saturated rings. The summed E-state index contributed by atoms with van der Waals surface area (Å²) in [5, 5.41) is 11.7. The average molecular weight is 314 g/mol. The van der Waals surface area contributed by atoms with Gasteiger partial charge in [0.15, 0.2) is 0 Å². The summed E-state index contributed by atoms with van der Waals surface area (Å²) in [4.78, 5) is 21.5. The third-order valence-electron chi connectivity index (χ3n) is 2.24. The first kappa shape index (κ1) is 16.8. The Labute approximate surface area is 113 Å². The van der Waals surface area contributed by atoms with E-state index in [1.165, 1.54) is 0 Å². The summed E-state index contributed by atoms with van der Waals surface area (Å²) >= 11 is 0. The summed E-state index contributed by atoms with van der Waals surface area (Å²) < 4.78 is 75.1. The predicted molar refractivity (Wildman–Crippen MR) is 53.8 cm³/mol. The van der Waals surface area contributed by atoms with Gasteiger partial charge in [0.1, 0.15) is 0 Å². The molecule has 0 saturated heterocycles. The first-order valence-electron chi connectivity index (χ1n) is 5.19. The topological polar surface area (TPSA) is 69.2 Å². The van der Waals surface area contributed by atoms with Gasteiger partial charge in [-0.05, 0) is 18.2 Å². The van der Waals surface area contributed by atoms with Crippen molar-refractivity contribution in [3.63, 3.8) is 0 Å². The van der Waals surface area contributed by atoms with E-state index in [2.05, 4.69) is 0 Å². The average Bonchev–Trinajstić information content (AvgIpc) is 2.33. The summed E-state index contributed by atoms with van der Waals surface area (Å²) in [6.45, 7) is -1.05. The minimum absolute atomic E-state index is 0.143. The molecule has 0 aliphatic heterocycles. The van der Waals surface area contributed by atoms with E-state index in [1.807, 2.05) is 0 Å². The molecule has 0 aliphatic rings. The molecule has 116 valence electrons. The number of hydrogen-bond acceptors (Lipinski definition) is 3. The molecule has 4 nitrogen and oxygen atoms in total. The van der Waals surface area contributed by atoms with Gasteiger partial charge in [0, 0.05) is 5.56 Å². The molecule has 0 spiro atoms. The Balaban J connectivity index is 3.26. The van der Waals surface area contributed by atoms with Gasteiger partial charge in [0.05, 0.1) is 23.6 Å². The smallest absolute Gasteiger partial charge is 0.416 e. The van der Waals surface area contributed by atoms with Gasteiger partial charge < -0.3 is 15.2 Å². The zero-order valence-electron chi connectivity index (χ0n) is 9.93. The van der Waals surface area contributed by atoms with E-state index in [9.17, 15) is 41.0 Å². The molecule has 0 heterocycles. The number of benzene rings is 1. The number of alkyl halides is 6. The normalized spacial score (nSPS) is 12.1. The fraction of sp³-hybridized carbons (Fsp3) is 0.273. The van der Waals surface area contributed by atoms with Gasteiger partial charge in [-0.2, -0.15) is 26.3 Å². The number of aliphatic carboxylic acids is 1. The van der Waals surface area contributed by atoms with Crippen molar-refractivity contribution in [3.8, 4) is 0 Å². The summed E-state index contributed by atoms with van der Waals surface area (Å²) in [6.07, 6.45) is -10.2. The second-order valence-electron chi connectivity index (χ2n) is 3.85. The molecule has 0 atom stereocenters. The first-order chi connectivity index (χ1) is 9.41. The van der Waals surface area contributed by atoms with Crippen LogP contribution in [-0.4, -0.2) is 18.4 Å². The highest BCUT2D eigenvalue weighted by atomic mass is 19.4. The SMILES string of the molecule is O=C([O-])CNC(=O)c1cc(C(F)(F)F)cc(C(F)(F)F)c1. The minimum Gasteiger partial charge on any atom is -0.548 e. The predicted octanol–water partition coefficient (Wildman–Crippen LogP) is 1.20. The Bertz CT molecular complexity index is 532. The number of rotatable bonds is 3. The van der Waals surface area contributed by atoms with Crippen molar-refractivity contribution in [1.82, 2.24) is 5.32 Å². The third kappa shape index (κ3) is 4.65. The molecule has 0 radical (unpaired) electrons. The largest absolute Gasteiger partial charge is 0.548 e. The van der Waals surface area contributed by atoms with Crippen LogP contribution in [0.1, 0.15) is 21.5 Å². The number of nitrogens with one attached hydrogen (secondary N) is 1. The maximum Gasteiger partial charge on any atom is 0.416 e. The van der Waals surface area contributed by atoms with Crippen molar-refractivity contribution in [2.24, 2.45) is 0 Å². The van der Waals surface area contributed by atoms with Crippen LogP contribution in [0.15, 0.2) is 18.2 Å². The zero-order chi connectivity index (χ0) is 16.4. The van der Waals surface area contributed by atoms with Crippen LogP contribution in [-0.2, 0) is 17.1 Å². The number of halogens is 6. The van der Waals surface area contributed by atoms with Crippen molar-refractivity contribution in [3.05, 3.63) is 34.9 Å². The van der Waals surface area contributed by atoms with Crippen molar-refractivity contribution in [2.45, 2.75) is 12.4 Å². The molecule has 0 aromatic heterocycles. The monoisotopic (exact) mass is 314 g/mol. The van der Waals surface area contributed by atoms with E-state index in [0.29, 0.717) is 0 Å². The fourth-order valence-corrected chi connectivity index (χ4v) is 1.34. The lowest BCUT2D eigenvalue weighted by molar-refractivity contribution is -0.303. The number of carbonyl (C=O) groups excluding carboxylic acids is 2. The van der Waals surface area contributed by atoms with E-state index in [4.69, 9.17) is 0 Å². The molecule has 1 aromatic carbocycles. The molecule has 21 heavy (non-hydrogen) atoms. The van der Waals surface area contributed by atoms with Crippen molar-refractivity contribution < 1.29 is 41.0 Å². The van der Waals surface area contributed by atoms with Crippen LogP contribution in [0.25, 0.3) is 0 Å². The summed E-state index contributed by atoms with van der Waals surface area (Å²) in [5.74, 6) is -3.14. The lowest BCUT2D eigenvalue weighted by atomic mass is 10.0. The Morgan fingerprint density at radius 2 is 1.38 bits per heavy atom. The first-order valence-corrected chi connectivity index (χ1v) is 5.19. The molecule has 0 bridgehead atoms. The molecular weight excluding hydrogens is 308 g/mol. The van der Waals surface area contributed by atoms with E-state index in [1.54, 1.807) is 5.32 Å². The standard InChI is InChI=1S/C11H7F6NO3/c12-10(13,14)6-1-5(9(21)18-4-8(19)20)2-7(3-6)11(15,16)17/h1-3H,4H2,(H,18,21)(H,19,20)/p-1. The van der Waals surface area contributed by atoms with Gasteiger partial charge in [-0.3, -0.25) is 4.79 Å². The molecule has 0 unspecified atom stereocenters. The van der Waals surface area contributed by atoms with Crippen LogP contribution in [0.5, 0.6) is 0 Å². The van der Waals surface area contributed by atoms with E-state index < -0.39 is 47.5 Å².